The van der Waals surface area contributed by atoms with Crippen molar-refractivity contribution in [2.45, 2.75) is 13.0 Å². The molecule has 0 saturated carbocycles. The van der Waals surface area contributed by atoms with Crippen LogP contribution in [0.1, 0.15) is 12.0 Å². The second kappa shape index (κ2) is 21.7. The van der Waals surface area contributed by atoms with E-state index < -0.39 is 32.6 Å². The lowest BCUT2D eigenvalue weighted by atomic mass is 9.72. The van der Waals surface area contributed by atoms with E-state index in [1.54, 1.807) is 19.3 Å². The number of hydrogen-bond acceptors (Lipinski definition) is 14. The number of ether oxygens (including phenoxy) is 7. The molecule has 1 saturated heterocycles. The summed E-state index contributed by atoms with van der Waals surface area (Å²) in [5.74, 6) is -1.17. The molecule has 2 amide bonds. The molecule has 2 atom stereocenters. The first-order valence-corrected chi connectivity index (χ1v) is 17.2. The zero-order valence-electron chi connectivity index (χ0n) is 29.7. The van der Waals surface area contributed by atoms with Gasteiger partial charge in [-0.25, -0.2) is 0 Å². The molecule has 1 fully saturated rings. The van der Waals surface area contributed by atoms with Crippen LogP contribution >= 0.6 is 0 Å². The molecule has 2 aliphatic rings. The molecule has 17 heteroatoms. The van der Waals surface area contributed by atoms with Gasteiger partial charge in [0.25, 0.3) is 0 Å². The molecule has 0 bridgehead atoms. The maximum Gasteiger partial charge on any atom is 0.350 e. The predicted molar refractivity (Wildman–Crippen MR) is 190 cm³/mol. The second-order valence-electron chi connectivity index (χ2n) is 12.0. The molecule has 2 aromatic rings. The van der Waals surface area contributed by atoms with E-state index in [1.165, 1.54) is 0 Å². The van der Waals surface area contributed by atoms with Crippen LogP contribution in [0.3, 0.4) is 0 Å². The summed E-state index contributed by atoms with van der Waals surface area (Å²) < 4.78 is 38.4. The average Bonchev–Trinajstić information content (AvgIpc) is 3.41. The molecule has 4 rings (SSSR count). The van der Waals surface area contributed by atoms with Gasteiger partial charge in [-0.3, -0.25) is 40.0 Å². The molecule has 2 aromatic carbocycles. The fourth-order valence-electron chi connectivity index (χ4n) is 5.79. The summed E-state index contributed by atoms with van der Waals surface area (Å²) in [4.78, 5) is 48.8. The third kappa shape index (κ3) is 12.4. The number of carbonyl (C=O) groups is 2. The SMILES string of the molecule is COCCOCCOCCOc1cc([N+](=O)[O-])c([N+](=O)[O-])cc1OCCOCCOCCN(CCC12C=CC=CC1C(=O)NC2=O)Cc1ccccc1. The van der Waals surface area contributed by atoms with Crippen LogP contribution in [0.25, 0.3) is 0 Å². The van der Waals surface area contributed by atoms with Crippen LogP contribution in [-0.2, 0) is 39.8 Å². The third-order valence-electron chi connectivity index (χ3n) is 8.53. The average molecular weight is 743 g/mol. The van der Waals surface area contributed by atoms with Crippen LogP contribution in [0, 0.1) is 31.6 Å². The zero-order valence-corrected chi connectivity index (χ0v) is 29.7. The number of nitro groups is 2. The molecule has 17 nitrogen and oxygen atoms in total. The van der Waals surface area contributed by atoms with Crippen LogP contribution in [0.2, 0.25) is 0 Å². The Morgan fingerprint density at radius 3 is 1.85 bits per heavy atom. The Kier molecular flexibility index (Phi) is 16.8. The largest absolute Gasteiger partial charge is 0.487 e. The number of fused-ring (bicyclic) bond motifs is 1. The van der Waals surface area contributed by atoms with E-state index in [0.29, 0.717) is 59.1 Å². The zero-order chi connectivity index (χ0) is 37.9. The predicted octanol–water partition coefficient (Wildman–Crippen LogP) is 3.25. The summed E-state index contributed by atoms with van der Waals surface area (Å²) in [6.45, 7) is 4.45. The minimum absolute atomic E-state index is 0.00476. The summed E-state index contributed by atoms with van der Waals surface area (Å²) >= 11 is 0. The highest BCUT2D eigenvalue weighted by atomic mass is 16.6. The number of hydrogen-bond donors (Lipinski definition) is 1. The number of imide groups is 1. The first-order valence-electron chi connectivity index (χ1n) is 17.2. The maximum atomic E-state index is 12.8. The molecule has 1 heterocycles. The summed E-state index contributed by atoms with van der Waals surface area (Å²) in [7, 11) is 1.57. The Bertz CT molecular complexity index is 1570. The van der Waals surface area contributed by atoms with E-state index in [9.17, 15) is 29.8 Å². The van der Waals surface area contributed by atoms with E-state index in [4.69, 9.17) is 33.2 Å². The van der Waals surface area contributed by atoms with E-state index in [0.717, 1.165) is 17.7 Å². The Balaban J connectivity index is 1.20. The molecular formula is C36H46N4O13. The smallest absolute Gasteiger partial charge is 0.350 e. The molecule has 288 valence electrons. The van der Waals surface area contributed by atoms with E-state index in [1.807, 2.05) is 42.5 Å². The summed E-state index contributed by atoms with van der Waals surface area (Å²) in [6.07, 6.45) is 7.68. The van der Waals surface area contributed by atoms with Gasteiger partial charge < -0.3 is 33.2 Å². The van der Waals surface area contributed by atoms with Crippen molar-refractivity contribution in [1.29, 1.82) is 0 Å². The van der Waals surface area contributed by atoms with E-state index in [-0.39, 0.29) is 63.0 Å². The number of nitrogens with one attached hydrogen (secondary N) is 1. The topological polar surface area (TPSA) is 200 Å². The number of methoxy groups -OCH3 is 1. The summed E-state index contributed by atoms with van der Waals surface area (Å²) in [6, 6.07) is 11.9. The fraction of sp³-hybridized carbons (Fsp3) is 0.500. The minimum Gasteiger partial charge on any atom is -0.487 e. The normalized spacial score (nSPS) is 17.6. The van der Waals surface area contributed by atoms with Gasteiger partial charge in [0, 0.05) is 20.2 Å². The van der Waals surface area contributed by atoms with Crippen molar-refractivity contribution in [3.05, 3.63) is 92.6 Å². The van der Waals surface area contributed by atoms with E-state index in [2.05, 4.69) is 10.2 Å². The Hall–Kier alpha value is -4.78. The van der Waals surface area contributed by atoms with Crippen molar-refractivity contribution in [1.82, 2.24) is 10.2 Å². The standard InChI is InChI=1S/C36H46N4O13/c1-47-15-16-49-19-20-51-22-24-53-33-26-31(40(45)46)30(39(43)44)25-32(33)52-23-21-50-18-17-48-14-13-38(27-28-7-3-2-4-8-28)12-11-36-10-6-5-9-29(36)34(41)37-35(36)42/h2-10,25-26,29H,11-24,27H2,1H3,(H,37,41,42). The van der Waals surface area contributed by atoms with Gasteiger partial charge in [-0.15, -0.1) is 0 Å². The highest BCUT2D eigenvalue weighted by Crippen LogP contribution is 2.42. The van der Waals surface area contributed by atoms with Crippen molar-refractivity contribution < 1.29 is 52.6 Å². The molecule has 0 aromatic heterocycles. The molecule has 0 spiro atoms. The van der Waals surface area contributed by atoms with Gasteiger partial charge in [-0.2, -0.15) is 0 Å². The Morgan fingerprint density at radius 2 is 1.28 bits per heavy atom. The second-order valence-corrected chi connectivity index (χ2v) is 12.0. The van der Waals surface area contributed by atoms with Crippen molar-refractivity contribution in [3.8, 4) is 11.5 Å². The Morgan fingerprint density at radius 1 is 0.736 bits per heavy atom. The van der Waals surface area contributed by atoms with Crippen LogP contribution < -0.4 is 14.8 Å². The van der Waals surface area contributed by atoms with Gasteiger partial charge in [-0.1, -0.05) is 54.6 Å². The molecule has 0 radical (unpaired) electrons. The van der Waals surface area contributed by atoms with Gasteiger partial charge in [-0.05, 0) is 18.5 Å². The molecule has 53 heavy (non-hydrogen) atoms. The molecule has 1 aliphatic heterocycles. The van der Waals surface area contributed by atoms with Crippen LogP contribution in [0.5, 0.6) is 11.5 Å². The highest BCUT2D eigenvalue weighted by molar-refractivity contribution is 6.09. The number of carbonyl (C=O) groups excluding carboxylic acids is 2. The van der Waals surface area contributed by atoms with Crippen molar-refractivity contribution in [2.24, 2.45) is 11.3 Å². The summed E-state index contributed by atoms with van der Waals surface area (Å²) in [5.41, 5.74) is -1.26. The van der Waals surface area contributed by atoms with Crippen LogP contribution in [0.15, 0.2) is 66.8 Å². The summed E-state index contributed by atoms with van der Waals surface area (Å²) in [5, 5.41) is 25.5. The van der Waals surface area contributed by atoms with Crippen molar-refractivity contribution in [2.75, 3.05) is 92.9 Å². The first kappa shape index (κ1) is 41.0. The Labute approximate surface area is 307 Å². The monoisotopic (exact) mass is 742 g/mol. The third-order valence-corrected chi connectivity index (χ3v) is 8.53. The van der Waals surface area contributed by atoms with Gasteiger partial charge >= 0.3 is 11.4 Å². The van der Waals surface area contributed by atoms with Crippen molar-refractivity contribution >= 4 is 23.2 Å². The molecular weight excluding hydrogens is 696 g/mol. The lowest BCUT2D eigenvalue weighted by Crippen LogP contribution is -2.38. The van der Waals surface area contributed by atoms with Gasteiger partial charge in [0.15, 0.2) is 11.5 Å². The highest BCUT2D eigenvalue weighted by Gasteiger charge is 2.52. The first-order chi connectivity index (χ1) is 25.7. The quantitative estimate of drug-likeness (QED) is 0.0605. The van der Waals surface area contributed by atoms with E-state index >= 15 is 0 Å². The lowest BCUT2D eigenvalue weighted by Gasteiger charge is -2.31. The molecule has 2 unspecified atom stereocenters. The fourth-order valence-corrected chi connectivity index (χ4v) is 5.79. The molecule has 1 N–H and O–H groups in total. The number of rotatable bonds is 27. The minimum atomic E-state index is -0.905. The lowest BCUT2D eigenvalue weighted by molar-refractivity contribution is -0.422. The molecule has 1 aliphatic carbocycles. The number of nitro benzene ring substituents is 2. The maximum absolute atomic E-state index is 12.8. The number of amides is 2. The van der Waals surface area contributed by atoms with Crippen molar-refractivity contribution in [3.63, 3.8) is 0 Å². The van der Waals surface area contributed by atoms with Gasteiger partial charge in [0.1, 0.15) is 13.2 Å². The van der Waals surface area contributed by atoms with Crippen LogP contribution in [0.4, 0.5) is 11.4 Å². The van der Waals surface area contributed by atoms with Gasteiger partial charge in [0.2, 0.25) is 11.8 Å². The number of nitrogens with zero attached hydrogens (tertiary/aromatic N) is 3. The number of benzene rings is 2. The van der Waals surface area contributed by atoms with Crippen LogP contribution in [-0.4, -0.2) is 119 Å². The number of allylic oxidation sites excluding steroid dienone is 2. The van der Waals surface area contributed by atoms with Gasteiger partial charge in [0.05, 0.1) is 92.8 Å².